The Morgan fingerprint density at radius 3 is 3.00 bits per heavy atom. The second-order valence-corrected chi connectivity index (χ2v) is 7.31. The highest BCUT2D eigenvalue weighted by atomic mass is 32.2. The first-order valence-corrected chi connectivity index (χ1v) is 9.07. The Bertz CT molecular complexity index is 590. The van der Waals surface area contributed by atoms with Gasteiger partial charge in [-0.05, 0) is 36.3 Å². The van der Waals surface area contributed by atoms with Crippen molar-refractivity contribution in [1.82, 2.24) is 9.97 Å². The van der Waals surface area contributed by atoms with Crippen molar-refractivity contribution in [1.29, 1.82) is 0 Å². The lowest BCUT2D eigenvalue weighted by Gasteiger charge is -2.12. The minimum Gasteiger partial charge on any atom is -0.369 e. The van der Waals surface area contributed by atoms with Gasteiger partial charge in [-0.3, -0.25) is 0 Å². The smallest absolute Gasteiger partial charge is 0.225 e. The molecule has 20 heavy (non-hydrogen) atoms. The van der Waals surface area contributed by atoms with Crippen molar-refractivity contribution in [3.63, 3.8) is 0 Å². The molecule has 0 saturated carbocycles. The van der Waals surface area contributed by atoms with Gasteiger partial charge in [0.15, 0.2) is 0 Å². The van der Waals surface area contributed by atoms with E-state index < -0.39 is 0 Å². The Morgan fingerprint density at radius 1 is 1.40 bits per heavy atom. The standard InChI is InChI=1S/C14H20N4S2/c1-3-10-6-11-12(16-7-9-4-5-19-8-9)17-14(15-2)18-13(11)20-10/h6,9H,3-5,7-8H2,1-2H3,(H2,15,16,17,18). The predicted octanol–water partition coefficient (Wildman–Crippen LogP) is 3.46. The molecule has 3 rings (SSSR count). The third kappa shape index (κ3) is 2.86. The predicted molar refractivity (Wildman–Crippen MR) is 90.3 cm³/mol. The molecule has 0 amide bonds. The molecule has 2 N–H and O–H groups in total. The van der Waals surface area contributed by atoms with Gasteiger partial charge in [-0.1, -0.05) is 6.92 Å². The lowest BCUT2D eigenvalue weighted by Crippen LogP contribution is -2.15. The maximum atomic E-state index is 4.59. The summed E-state index contributed by atoms with van der Waals surface area (Å²) in [6, 6.07) is 2.23. The number of aromatic nitrogens is 2. The Labute approximate surface area is 127 Å². The molecule has 1 aliphatic rings. The van der Waals surface area contributed by atoms with Crippen LogP contribution in [-0.4, -0.2) is 35.1 Å². The Morgan fingerprint density at radius 2 is 2.30 bits per heavy atom. The molecule has 0 bridgehead atoms. The second-order valence-electron chi connectivity index (χ2n) is 5.04. The molecule has 1 fully saturated rings. The Hall–Kier alpha value is -1.01. The van der Waals surface area contributed by atoms with E-state index in [1.807, 2.05) is 7.05 Å². The van der Waals surface area contributed by atoms with Crippen LogP contribution in [0.15, 0.2) is 6.07 Å². The normalized spacial score (nSPS) is 18.6. The molecular formula is C14H20N4S2. The minimum absolute atomic E-state index is 0.699. The zero-order chi connectivity index (χ0) is 13.9. The number of thioether (sulfide) groups is 1. The molecule has 6 heteroatoms. The Balaban J connectivity index is 1.87. The van der Waals surface area contributed by atoms with Crippen LogP contribution >= 0.6 is 23.1 Å². The van der Waals surface area contributed by atoms with Crippen molar-refractivity contribution in [3.8, 4) is 0 Å². The molecule has 2 aromatic rings. The molecule has 2 aromatic heterocycles. The van der Waals surface area contributed by atoms with Crippen LogP contribution in [0.5, 0.6) is 0 Å². The van der Waals surface area contributed by atoms with Gasteiger partial charge in [-0.15, -0.1) is 11.3 Å². The summed E-state index contributed by atoms with van der Waals surface area (Å²) in [6.07, 6.45) is 2.36. The van der Waals surface area contributed by atoms with Crippen molar-refractivity contribution < 1.29 is 0 Å². The van der Waals surface area contributed by atoms with Crippen LogP contribution in [-0.2, 0) is 6.42 Å². The zero-order valence-corrected chi connectivity index (χ0v) is 13.5. The SMILES string of the molecule is CCc1cc2c(NCC3CCSC3)nc(NC)nc2s1. The van der Waals surface area contributed by atoms with E-state index in [-0.39, 0.29) is 0 Å². The summed E-state index contributed by atoms with van der Waals surface area (Å²) in [5.41, 5.74) is 0. The van der Waals surface area contributed by atoms with Crippen LogP contribution in [0, 0.1) is 5.92 Å². The number of hydrogen-bond acceptors (Lipinski definition) is 6. The van der Waals surface area contributed by atoms with E-state index >= 15 is 0 Å². The highest BCUT2D eigenvalue weighted by molar-refractivity contribution is 7.99. The first-order valence-electron chi connectivity index (χ1n) is 7.10. The summed E-state index contributed by atoms with van der Waals surface area (Å²) >= 11 is 3.82. The number of hydrogen-bond donors (Lipinski definition) is 2. The van der Waals surface area contributed by atoms with Gasteiger partial charge in [-0.2, -0.15) is 16.7 Å². The molecule has 1 atom stereocenters. The molecule has 4 nitrogen and oxygen atoms in total. The van der Waals surface area contributed by atoms with Gasteiger partial charge in [0.05, 0.1) is 5.39 Å². The molecule has 1 unspecified atom stereocenters. The third-order valence-corrected chi connectivity index (χ3v) is 6.00. The second kappa shape index (κ2) is 6.18. The number of nitrogens with zero attached hydrogens (tertiary/aromatic N) is 2. The molecule has 108 valence electrons. The highest BCUT2D eigenvalue weighted by Crippen LogP contribution is 2.31. The number of fused-ring (bicyclic) bond motifs is 1. The number of thiophene rings is 1. The molecular weight excluding hydrogens is 288 g/mol. The van der Waals surface area contributed by atoms with Crippen molar-refractivity contribution in [2.24, 2.45) is 5.92 Å². The van der Waals surface area contributed by atoms with Crippen LogP contribution in [0.1, 0.15) is 18.2 Å². The van der Waals surface area contributed by atoms with E-state index in [2.05, 4.69) is 45.4 Å². The van der Waals surface area contributed by atoms with Crippen molar-refractivity contribution in [2.45, 2.75) is 19.8 Å². The fraction of sp³-hybridized carbons (Fsp3) is 0.571. The summed E-state index contributed by atoms with van der Waals surface area (Å²) < 4.78 is 0. The zero-order valence-electron chi connectivity index (χ0n) is 11.9. The summed E-state index contributed by atoms with van der Waals surface area (Å²) in [5.74, 6) is 5.01. The van der Waals surface area contributed by atoms with Gasteiger partial charge in [0.25, 0.3) is 0 Å². The maximum Gasteiger partial charge on any atom is 0.225 e. The molecule has 1 aliphatic heterocycles. The van der Waals surface area contributed by atoms with Gasteiger partial charge in [-0.25, -0.2) is 4.98 Å². The summed E-state index contributed by atoms with van der Waals surface area (Å²) in [4.78, 5) is 11.6. The van der Waals surface area contributed by atoms with Crippen LogP contribution in [0.2, 0.25) is 0 Å². The first-order chi connectivity index (χ1) is 9.80. The van der Waals surface area contributed by atoms with E-state index in [9.17, 15) is 0 Å². The van der Waals surface area contributed by atoms with Gasteiger partial charge in [0.1, 0.15) is 10.6 Å². The van der Waals surface area contributed by atoms with E-state index in [0.717, 1.165) is 34.9 Å². The van der Waals surface area contributed by atoms with Crippen molar-refractivity contribution in [3.05, 3.63) is 10.9 Å². The topological polar surface area (TPSA) is 49.8 Å². The fourth-order valence-electron chi connectivity index (χ4n) is 2.38. The maximum absolute atomic E-state index is 4.59. The van der Waals surface area contributed by atoms with Gasteiger partial charge in [0.2, 0.25) is 5.95 Å². The largest absolute Gasteiger partial charge is 0.369 e. The van der Waals surface area contributed by atoms with Crippen molar-refractivity contribution >= 4 is 45.1 Å². The molecule has 0 aromatic carbocycles. The van der Waals surface area contributed by atoms with Crippen LogP contribution in [0.3, 0.4) is 0 Å². The number of aryl methyl sites for hydroxylation is 1. The van der Waals surface area contributed by atoms with Crippen LogP contribution in [0.4, 0.5) is 11.8 Å². The number of nitrogens with one attached hydrogen (secondary N) is 2. The first kappa shape index (κ1) is 13.9. The van der Waals surface area contributed by atoms with Gasteiger partial charge < -0.3 is 10.6 Å². The molecule has 0 radical (unpaired) electrons. The Kier molecular flexibility index (Phi) is 4.31. The molecule has 3 heterocycles. The van der Waals surface area contributed by atoms with E-state index in [0.29, 0.717) is 5.95 Å². The quantitative estimate of drug-likeness (QED) is 0.886. The van der Waals surface area contributed by atoms with Gasteiger partial charge in [0, 0.05) is 18.5 Å². The van der Waals surface area contributed by atoms with Gasteiger partial charge >= 0.3 is 0 Å². The summed E-state index contributed by atoms with van der Waals surface area (Å²) in [5, 5.41) is 7.76. The number of rotatable bonds is 5. The monoisotopic (exact) mass is 308 g/mol. The van der Waals surface area contributed by atoms with E-state index in [4.69, 9.17) is 0 Å². The van der Waals surface area contributed by atoms with E-state index in [1.165, 1.54) is 22.8 Å². The van der Waals surface area contributed by atoms with Crippen molar-refractivity contribution in [2.75, 3.05) is 35.7 Å². The highest BCUT2D eigenvalue weighted by Gasteiger charge is 2.17. The van der Waals surface area contributed by atoms with Crippen LogP contribution in [0.25, 0.3) is 10.2 Å². The summed E-state index contributed by atoms with van der Waals surface area (Å²) in [6.45, 7) is 3.19. The summed E-state index contributed by atoms with van der Waals surface area (Å²) in [7, 11) is 1.87. The molecule has 1 saturated heterocycles. The molecule has 0 spiro atoms. The lowest BCUT2D eigenvalue weighted by atomic mass is 10.1. The molecule has 0 aliphatic carbocycles. The third-order valence-electron chi connectivity index (χ3n) is 3.60. The van der Waals surface area contributed by atoms with Crippen LogP contribution < -0.4 is 10.6 Å². The average molecular weight is 308 g/mol. The minimum atomic E-state index is 0.699. The van der Waals surface area contributed by atoms with E-state index in [1.54, 1.807) is 11.3 Å². The number of anilines is 2. The lowest BCUT2D eigenvalue weighted by molar-refractivity contribution is 0.631. The average Bonchev–Trinajstić information content (AvgIpc) is 3.12. The fourth-order valence-corrected chi connectivity index (χ4v) is 4.63.